The number of halogens is 2. The Morgan fingerprint density at radius 3 is 2.45 bits per heavy atom. The molecule has 0 radical (unpaired) electrons. The lowest BCUT2D eigenvalue weighted by Gasteiger charge is -2.39. The van der Waals surface area contributed by atoms with Gasteiger partial charge in [0, 0.05) is 18.7 Å². The summed E-state index contributed by atoms with van der Waals surface area (Å²) in [7, 11) is -2.49. The number of nitrogens with zero attached hydrogens (tertiary/aromatic N) is 2. The van der Waals surface area contributed by atoms with Crippen molar-refractivity contribution in [2.75, 3.05) is 12.3 Å². The van der Waals surface area contributed by atoms with E-state index >= 15 is 0 Å². The zero-order chi connectivity index (χ0) is 30.2. The summed E-state index contributed by atoms with van der Waals surface area (Å²) in [6.07, 6.45) is 2.96. The van der Waals surface area contributed by atoms with E-state index in [0.29, 0.717) is 29.6 Å². The summed E-state index contributed by atoms with van der Waals surface area (Å²) in [4.78, 5) is 42.1. The summed E-state index contributed by atoms with van der Waals surface area (Å²) >= 11 is 5.97. The van der Waals surface area contributed by atoms with Crippen molar-refractivity contribution in [1.29, 1.82) is 0 Å². The summed E-state index contributed by atoms with van der Waals surface area (Å²) in [5.41, 5.74) is 6.54. The summed E-state index contributed by atoms with van der Waals surface area (Å²) in [5.74, 6) is -1.13. The van der Waals surface area contributed by atoms with Crippen molar-refractivity contribution in [3.63, 3.8) is 0 Å². The van der Waals surface area contributed by atoms with Gasteiger partial charge in [0.25, 0.3) is 0 Å². The minimum Gasteiger partial charge on any atom is -0.462 e. The zero-order valence-corrected chi connectivity index (χ0v) is 26.4. The third-order valence-electron chi connectivity index (χ3n) is 8.06. The summed E-state index contributed by atoms with van der Waals surface area (Å²) < 4.78 is 21.8. The molecule has 0 fully saturated rings. The number of carbonyl (C=O) groups is 1. The smallest absolute Gasteiger partial charge is 0.343 e. The van der Waals surface area contributed by atoms with Crippen LogP contribution in [0.5, 0.6) is 0 Å². The molecule has 0 aliphatic heterocycles. The van der Waals surface area contributed by atoms with Crippen molar-refractivity contribution in [3.8, 4) is 0 Å². The molecule has 40 heavy (non-hydrogen) atoms. The molecular formula is C30H41ClFN3O4Si. The largest absolute Gasteiger partial charge is 0.462 e. The normalized spacial score (nSPS) is 13.5. The molecule has 218 valence electrons. The number of carbonyl (C=O) groups excluding carboxylic acids is 1. The highest BCUT2D eigenvalue weighted by atomic mass is 35.5. The van der Waals surface area contributed by atoms with E-state index in [4.69, 9.17) is 22.1 Å². The van der Waals surface area contributed by atoms with E-state index < -0.39 is 25.5 Å². The molecule has 1 aromatic carbocycles. The van der Waals surface area contributed by atoms with Crippen LogP contribution in [0.2, 0.25) is 23.2 Å². The van der Waals surface area contributed by atoms with Crippen LogP contribution in [0.25, 0.3) is 11.0 Å². The minimum absolute atomic E-state index is 0.0122. The van der Waals surface area contributed by atoms with Crippen LogP contribution >= 0.6 is 11.6 Å². The Balaban J connectivity index is 2.27. The van der Waals surface area contributed by atoms with Crippen molar-refractivity contribution in [2.45, 2.75) is 85.0 Å². The van der Waals surface area contributed by atoms with Gasteiger partial charge < -0.3 is 19.8 Å². The van der Waals surface area contributed by atoms with Gasteiger partial charge in [-0.05, 0) is 66.6 Å². The first-order valence-corrected chi connectivity index (χ1v) is 16.9. The lowest BCUT2D eigenvalue weighted by molar-refractivity contribution is 0.0523. The minimum atomic E-state index is -2.49. The SMILES string of the molecule is CCOC(=O)c1cn([C@H](CCC(C)(C)[Si](C)(C)O)C(C)(C)C)c2nc(N)c(Cc3cccc(Cl)c3F)cc2c1=O. The Morgan fingerprint density at radius 1 is 1.23 bits per heavy atom. The third-order valence-corrected chi connectivity index (χ3v) is 11.9. The maximum absolute atomic E-state index is 14.7. The van der Waals surface area contributed by atoms with Gasteiger partial charge in [-0.3, -0.25) is 4.79 Å². The van der Waals surface area contributed by atoms with Gasteiger partial charge in [-0.2, -0.15) is 0 Å². The molecule has 3 aromatic rings. The van der Waals surface area contributed by atoms with Crippen molar-refractivity contribution < 1.29 is 18.7 Å². The standard InChI is InChI=1S/C30H41ClFN3O4Si/c1-9-39-28(37)21-17-35(23(29(2,3)4)13-14-30(5,6)40(7,8)38)27-20(25(21)36)16-19(26(33)34-27)15-18-11-10-12-22(31)24(18)32/h10-12,16-17,23,38H,9,13-15H2,1-8H3,(H2,33,34)/t23-/m1/s1. The van der Waals surface area contributed by atoms with Gasteiger partial charge in [-0.15, -0.1) is 0 Å². The number of pyridine rings is 2. The van der Waals surface area contributed by atoms with Crippen LogP contribution in [0.1, 0.15) is 81.9 Å². The predicted molar refractivity (Wildman–Crippen MR) is 162 cm³/mol. The Morgan fingerprint density at radius 2 is 1.88 bits per heavy atom. The van der Waals surface area contributed by atoms with Crippen molar-refractivity contribution >= 4 is 42.7 Å². The Labute approximate surface area is 241 Å². The van der Waals surface area contributed by atoms with Crippen LogP contribution < -0.4 is 11.2 Å². The first-order chi connectivity index (χ1) is 18.4. The second-order valence-corrected chi connectivity index (χ2v) is 17.5. The first kappa shape index (κ1) is 31.8. The lowest BCUT2D eigenvalue weighted by Crippen LogP contribution is -2.40. The number of hydrogen-bond donors (Lipinski definition) is 2. The molecule has 0 saturated heterocycles. The molecule has 0 aliphatic carbocycles. The number of ether oxygens (including phenoxy) is 1. The van der Waals surface area contributed by atoms with Crippen LogP contribution in [0.4, 0.5) is 10.2 Å². The van der Waals surface area contributed by atoms with E-state index in [2.05, 4.69) is 39.6 Å². The molecule has 0 bridgehead atoms. The molecular weight excluding hydrogens is 549 g/mol. The van der Waals surface area contributed by atoms with E-state index in [9.17, 15) is 18.8 Å². The quantitative estimate of drug-likeness (QED) is 0.208. The van der Waals surface area contributed by atoms with E-state index in [1.807, 2.05) is 17.7 Å². The highest BCUT2D eigenvalue weighted by Crippen LogP contribution is 2.45. The number of benzene rings is 1. The van der Waals surface area contributed by atoms with Crippen molar-refractivity contribution in [2.24, 2.45) is 5.41 Å². The second-order valence-electron chi connectivity index (χ2n) is 12.7. The molecule has 0 saturated carbocycles. The summed E-state index contributed by atoms with van der Waals surface area (Å²) in [6.45, 7) is 16.0. The average Bonchev–Trinajstić information content (AvgIpc) is 2.82. The maximum Gasteiger partial charge on any atom is 0.343 e. The number of fused-ring (bicyclic) bond motifs is 1. The van der Waals surface area contributed by atoms with Crippen molar-refractivity contribution in [3.05, 3.63) is 68.2 Å². The number of anilines is 1. The van der Waals surface area contributed by atoms with Crippen molar-refractivity contribution in [1.82, 2.24) is 9.55 Å². The molecule has 0 spiro atoms. The maximum atomic E-state index is 14.7. The van der Waals surface area contributed by atoms with E-state index in [1.165, 1.54) is 12.3 Å². The molecule has 1 atom stereocenters. The fraction of sp³-hybridized carbons (Fsp3) is 0.500. The molecule has 10 heteroatoms. The number of nitrogens with two attached hydrogens (primary N) is 1. The Bertz CT molecular complexity index is 1480. The summed E-state index contributed by atoms with van der Waals surface area (Å²) in [5, 5.41) is -0.0972. The van der Waals surface area contributed by atoms with Gasteiger partial charge in [0.1, 0.15) is 22.8 Å². The third kappa shape index (κ3) is 6.58. The molecule has 2 aromatic heterocycles. The summed E-state index contributed by atoms with van der Waals surface area (Å²) in [6, 6.07) is 6.08. The molecule has 3 N–H and O–H groups in total. The van der Waals surface area contributed by atoms with Gasteiger partial charge in [0.05, 0.1) is 17.0 Å². The molecule has 3 rings (SSSR count). The van der Waals surface area contributed by atoms with Gasteiger partial charge in [0.15, 0.2) is 8.32 Å². The van der Waals surface area contributed by atoms with Gasteiger partial charge in [-0.1, -0.05) is 58.4 Å². The first-order valence-electron chi connectivity index (χ1n) is 13.6. The Hall–Kier alpha value is -2.75. The number of esters is 1. The van der Waals surface area contributed by atoms with Gasteiger partial charge in [-0.25, -0.2) is 14.2 Å². The molecule has 0 amide bonds. The molecule has 0 aliphatic rings. The van der Waals surface area contributed by atoms with Crippen LogP contribution in [-0.2, 0) is 11.2 Å². The monoisotopic (exact) mass is 589 g/mol. The predicted octanol–water partition coefficient (Wildman–Crippen LogP) is 6.88. The van der Waals surface area contributed by atoms with E-state index in [1.54, 1.807) is 25.1 Å². The highest BCUT2D eigenvalue weighted by Gasteiger charge is 2.40. The second kappa shape index (κ2) is 11.6. The van der Waals surface area contributed by atoms with Gasteiger partial charge in [0.2, 0.25) is 5.43 Å². The Kier molecular flexibility index (Phi) is 9.23. The number of hydrogen-bond acceptors (Lipinski definition) is 6. The fourth-order valence-electron chi connectivity index (χ4n) is 4.74. The molecule has 7 nitrogen and oxygen atoms in total. The van der Waals surface area contributed by atoms with Gasteiger partial charge >= 0.3 is 5.97 Å². The lowest BCUT2D eigenvalue weighted by atomic mass is 9.82. The average molecular weight is 590 g/mol. The molecule has 2 heterocycles. The van der Waals surface area contributed by atoms with Crippen LogP contribution in [0, 0.1) is 11.2 Å². The highest BCUT2D eigenvalue weighted by molar-refractivity contribution is 6.72. The number of nitrogen functional groups attached to an aromatic ring is 1. The zero-order valence-electron chi connectivity index (χ0n) is 24.7. The van der Waals surface area contributed by atoms with Crippen LogP contribution in [0.3, 0.4) is 0 Å². The van der Waals surface area contributed by atoms with E-state index in [0.717, 1.165) is 0 Å². The number of aromatic nitrogens is 2. The van der Waals surface area contributed by atoms with Crippen LogP contribution in [-0.4, -0.2) is 35.2 Å². The number of rotatable bonds is 9. The van der Waals surface area contributed by atoms with Crippen LogP contribution in [0.15, 0.2) is 35.3 Å². The molecule has 0 unspecified atom stereocenters. The fourth-order valence-corrected chi connectivity index (χ4v) is 5.69. The van der Waals surface area contributed by atoms with E-state index in [-0.39, 0.29) is 51.3 Å². The topological polar surface area (TPSA) is 107 Å².